The summed E-state index contributed by atoms with van der Waals surface area (Å²) in [7, 11) is 0. The lowest BCUT2D eigenvalue weighted by atomic mass is 10.1. The quantitative estimate of drug-likeness (QED) is 0.870. The number of carbonyl (C=O) groups is 2. The molecule has 2 aromatic rings. The first kappa shape index (κ1) is 16.1. The molecule has 114 valence electrons. The first-order valence-electron chi connectivity index (χ1n) is 6.76. The molecule has 6 heteroatoms. The third-order valence-corrected chi connectivity index (χ3v) is 3.52. The smallest absolute Gasteiger partial charge is 0.261 e. The number of imide groups is 1. The van der Waals surface area contributed by atoms with Crippen LogP contribution in [0, 0.1) is 0 Å². The predicted octanol–water partition coefficient (Wildman–Crippen LogP) is 1.67. The summed E-state index contributed by atoms with van der Waals surface area (Å²) in [5.41, 5.74) is 7.97. The summed E-state index contributed by atoms with van der Waals surface area (Å²) in [6.45, 7) is 0.210. The minimum Gasteiger partial charge on any atom is -0.326 e. The molecule has 0 unspecified atom stereocenters. The number of pyridine rings is 1. The molecule has 0 radical (unpaired) electrons. The molecular formula is C16H16ClN3O2. The molecule has 0 spiro atoms. The van der Waals surface area contributed by atoms with Gasteiger partial charge in [0, 0.05) is 25.0 Å². The second-order valence-corrected chi connectivity index (χ2v) is 5.09. The first-order chi connectivity index (χ1) is 10.2. The molecular weight excluding hydrogens is 302 g/mol. The van der Waals surface area contributed by atoms with E-state index in [1.54, 1.807) is 36.7 Å². The average molecular weight is 318 g/mol. The monoisotopic (exact) mass is 317 g/mol. The van der Waals surface area contributed by atoms with Crippen molar-refractivity contribution in [1.82, 2.24) is 9.88 Å². The third kappa shape index (κ3) is 3.00. The molecule has 0 saturated carbocycles. The third-order valence-electron chi connectivity index (χ3n) is 3.52. The van der Waals surface area contributed by atoms with Gasteiger partial charge in [0.25, 0.3) is 11.8 Å². The Bertz CT molecular complexity index is 656. The van der Waals surface area contributed by atoms with Crippen LogP contribution in [0.2, 0.25) is 0 Å². The van der Waals surface area contributed by atoms with E-state index in [0.29, 0.717) is 17.5 Å². The molecule has 1 atom stereocenters. The largest absolute Gasteiger partial charge is 0.326 e. The normalized spacial score (nSPS) is 14.5. The van der Waals surface area contributed by atoms with Crippen molar-refractivity contribution >= 4 is 24.2 Å². The molecule has 1 aromatic heterocycles. The zero-order chi connectivity index (χ0) is 14.8. The number of amides is 2. The molecule has 22 heavy (non-hydrogen) atoms. The van der Waals surface area contributed by atoms with Crippen molar-refractivity contribution in [2.24, 2.45) is 5.73 Å². The topological polar surface area (TPSA) is 76.3 Å². The van der Waals surface area contributed by atoms with Gasteiger partial charge in [0.1, 0.15) is 0 Å². The van der Waals surface area contributed by atoms with E-state index in [9.17, 15) is 9.59 Å². The summed E-state index contributed by atoms with van der Waals surface area (Å²) in [5.74, 6) is -0.533. The van der Waals surface area contributed by atoms with Gasteiger partial charge in [-0.2, -0.15) is 0 Å². The van der Waals surface area contributed by atoms with Crippen LogP contribution >= 0.6 is 12.4 Å². The maximum atomic E-state index is 12.2. The van der Waals surface area contributed by atoms with Crippen LogP contribution in [0.15, 0.2) is 48.8 Å². The molecule has 0 bridgehead atoms. The highest BCUT2D eigenvalue weighted by Crippen LogP contribution is 2.22. The number of carbonyl (C=O) groups excluding carboxylic acids is 2. The summed E-state index contributed by atoms with van der Waals surface area (Å²) in [5, 5.41) is 0. The number of rotatable bonds is 4. The van der Waals surface area contributed by atoms with Gasteiger partial charge in [-0.25, -0.2) is 0 Å². The Labute approximate surface area is 134 Å². The fourth-order valence-electron chi connectivity index (χ4n) is 2.53. The van der Waals surface area contributed by atoms with E-state index >= 15 is 0 Å². The number of fused-ring (bicyclic) bond motifs is 1. The van der Waals surface area contributed by atoms with Crippen LogP contribution in [-0.4, -0.2) is 34.3 Å². The van der Waals surface area contributed by atoms with Crippen molar-refractivity contribution < 1.29 is 9.59 Å². The van der Waals surface area contributed by atoms with Crippen molar-refractivity contribution in [2.75, 3.05) is 6.54 Å². The van der Waals surface area contributed by atoms with Gasteiger partial charge in [-0.3, -0.25) is 19.5 Å². The summed E-state index contributed by atoms with van der Waals surface area (Å²) >= 11 is 0. The highest BCUT2D eigenvalue weighted by atomic mass is 35.5. The minimum atomic E-state index is -0.309. The van der Waals surface area contributed by atoms with Crippen LogP contribution in [0.4, 0.5) is 0 Å². The minimum absolute atomic E-state index is 0. The lowest BCUT2D eigenvalue weighted by Crippen LogP contribution is -2.41. The molecule has 0 saturated heterocycles. The summed E-state index contributed by atoms with van der Waals surface area (Å²) < 4.78 is 0. The summed E-state index contributed by atoms with van der Waals surface area (Å²) in [4.78, 5) is 29.7. The van der Waals surface area contributed by atoms with Crippen molar-refractivity contribution in [2.45, 2.75) is 12.5 Å². The number of nitrogens with zero attached hydrogens (tertiary/aromatic N) is 2. The van der Waals surface area contributed by atoms with Crippen molar-refractivity contribution in [3.63, 3.8) is 0 Å². The van der Waals surface area contributed by atoms with Gasteiger partial charge in [-0.05, 0) is 30.2 Å². The van der Waals surface area contributed by atoms with E-state index < -0.39 is 0 Å². The van der Waals surface area contributed by atoms with E-state index in [2.05, 4.69) is 4.98 Å². The molecule has 1 aromatic carbocycles. The predicted molar refractivity (Wildman–Crippen MR) is 85.0 cm³/mol. The lowest BCUT2D eigenvalue weighted by molar-refractivity contribution is 0.0644. The Kier molecular flexibility index (Phi) is 4.90. The molecule has 2 N–H and O–H groups in total. The average Bonchev–Trinajstić information content (AvgIpc) is 2.74. The molecule has 3 rings (SSSR count). The Morgan fingerprint density at radius 3 is 2.23 bits per heavy atom. The molecule has 1 aliphatic rings. The van der Waals surface area contributed by atoms with Gasteiger partial charge < -0.3 is 5.73 Å². The number of benzene rings is 1. The molecule has 5 nitrogen and oxygen atoms in total. The first-order valence-corrected chi connectivity index (χ1v) is 6.76. The van der Waals surface area contributed by atoms with Gasteiger partial charge in [0.2, 0.25) is 0 Å². The standard InChI is InChI=1S/C16H15N3O2.ClH/c17-12(8-11-4-3-7-18-9-11)10-19-15(20)13-5-1-2-6-14(13)16(19)21;/h1-7,9,12H,8,10,17H2;1H/t12-;/m0./s1. The SMILES string of the molecule is Cl.N[C@@H](Cc1cccnc1)CN1C(=O)c2ccccc2C1=O. The van der Waals surface area contributed by atoms with Crippen LogP contribution in [0.5, 0.6) is 0 Å². The van der Waals surface area contributed by atoms with E-state index in [0.717, 1.165) is 5.56 Å². The van der Waals surface area contributed by atoms with Crippen LogP contribution < -0.4 is 5.73 Å². The lowest BCUT2D eigenvalue weighted by Gasteiger charge is -2.19. The van der Waals surface area contributed by atoms with E-state index in [-0.39, 0.29) is 36.8 Å². The van der Waals surface area contributed by atoms with Gasteiger partial charge in [0.05, 0.1) is 11.1 Å². The number of halogens is 1. The zero-order valence-corrected chi connectivity index (χ0v) is 12.6. The van der Waals surface area contributed by atoms with Crippen LogP contribution in [-0.2, 0) is 6.42 Å². The van der Waals surface area contributed by atoms with Gasteiger partial charge >= 0.3 is 0 Å². The fraction of sp³-hybridized carbons (Fsp3) is 0.188. The van der Waals surface area contributed by atoms with Gasteiger partial charge in [0.15, 0.2) is 0 Å². The maximum Gasteiger partial charge on any atom is 0.261 e. The van der Waals surface area contributed by atoms with E-state index in [1.807, 2.05) is 12.1 Å². The Morgan fingerprint density at radius 2 is 1.68 bits per heavy atom. The van der Waals surface area contributed by atoms with Crippen molar-refractivity contribution in [3.8, 4) is 0 Å². The number of aromatic nitrogens is 1. The Balaban J connectivity index is 0.00000176. The second kappa shape index (κ2) is 6.68. The van der Waals surface area contributed by atoms with Crippen LogP contribution in [0.3, 0.4) is 0 Å². The molecule has 0 fully saturated rings. The number of hydrogen-bond donors (Lipinski definition) is 1. The maximum absolute atomic E-state index is 12.2. The fourth-order valence-corrected chi connectivity index (χ4v) is 2.53. The zero-order valence-electron chi connectivity index (χ0n) is 11.8. The Morgan fingerprint density at radius 1 is 1.05 bits per heavy atom. The van der Waals surface area contributed by atoms with Crippen LogP contribution in [0.25, 0.3) is 0 Å². The van der Waals surface area contributed by atoms with Crippen molar-refractivity contribution in [3.05, 3.63) is 65.5 Å². The highest BCUT2D eigenvalue weighted by molar-refractivity contribution is 6.21. The van der Waals surface area contributed by atoms with Crippen LogP contribution in [0.1, 0.15) is 26.3 Å². The molecule has 0 aliphatic carbocycles. The summed E-state index contributed by atoms with van der Waals surface area (Å²) in [6, 6.07) is 10.3. The van der Waals surface area contributed by atoms with Crippen molar-refractivity contribution in [1.29, 1.82) is 0 Å². The second-order valence-electron chi connectivity index (χ2n) is 5.09. The number of nitrogens with two attached hydrogens (primary N) is 1. The molecule has 2 heterocycles. The Hall–Kier alpha value is -2.24. The number of hydrogen-bond acceptors (Lipinski definition) is 4. The highest BCUT2D eigenvalue weighted by Gasteiger charge is 2.35. The van der Waals surface area contributed by atoms with Gasteiger partial charge in [-0.15, -0.1) is 12.4 Å². The van der Waals surface area contributed by atoms with E-state index in [4.69, 9.17) is 5.73 Å². The summed E-state index contributed by atoms with van der Waals surface area (Å²) in [6.07, 6.45) is 4.00. The van der Waals surface area contributed by atoms with E-state index in [1.165, 1.54) is 4.90 Å². The van der Waals surface area contributed by atoms with Gasteiger partial charge in [-0.1, -0.05) is 18.2 Å². The molecule has 2 amide bonds. The molecule has 1 aliphatic heterocycles.